The molecule has 3 heterocycles. The van der Waals surface area contributed by atoms with Crippen molar-refractivity contribution >= 4 is 11.6 Å². The van der Waals surface area contributed by atoms with E-state index in [0.29, 0.717) is 11.5 Å². The van der Waals surface area contributed by atoms with E-state index in [0.717, 1.165) is 43.9 Å². The first-order valence-electron chi connectivity index (χ1n) is 9.59. The molecule has 3 aliphatic rings. The first-order chi connectivity index (χ1) is 12.1. The van der Waals surface area contributed by atoms with Crippen LogP contribution in [0.5, 0.6) is 0 Å². The Kier molecular flexibility index (Phi) is 4.58. The van der Waals surface area contributed by atoms with Crippen molar-refractivity contribution in [1.82, 2.24) is 14.9 Å². The second-order valence-electron chi connectivity index (χ2n) is 8.47. The Balaban J connectivity index is 1.35. The van der Waals surface area contributed by atoms with E-state index in [2.05, 4.69) is 32.9 Å². The van der Waals surface area contributed by atoms with Crippen LogP contribution in [-0.2, 0) is 4.74 Å². The van der Waals surface area contributed by atoms with Crippen LogP contribution in [0.2, 0.25) is 0 Å². The van der Waals surface area contributed by atoms with Gasteiger partial charge in [0.25, 0.3) is 0 Å². The average Bonchev–Trinajstić information content (AvgIpc) is 3.39. The molecular formula is C19H31N5O. The van der Waals surface area contributed by atoms with E-state index in [4.69, 9.17) is 4.74 Å². The molecule has 2 saturated heterocycles. The summed E-state index contributed by atoms with van der Waals surface area (Å²) in [4.78, 5) is 15.8. The number of hydrogen-bond donors (Lipinski definition) is 0. The molecule has 1 aromatic heterocycles. The van der Waals surface area contributed by atoms with Gasteiger partial charge in [-0.25, -0.2) is 9.97 Å². The van der Waals surface area contributed by atoms with Crippen LogP contribution >= 0.6 is 0 Å². The fourth-order valence-electron chi connectivity index (χ4n) is 4.19. The summed E-state index contributed by atoms with van der Waals surface area (Å²) in [5.74, 6) is 3.59. The molecule has 1 spiro atoms. The summed E-state index contributed by atoms with van der Waals surface area (Å²) < 4.78 is 5.99. The molecule has 0 bridgehead atoms. The molecule has 3 fully saturated rings. The number of likely N-dealkylation sites (tertiary alicyclic amines) is 1. The van der Waals surface area contributed by atoms with Crippen molar-refractivity contribution in [1.29, 1.82) is 0 Å². The lowest BCUT2D eigenvalue weighted by atomic mass is 9.75. The van der Waals surface area contributed by atoms with Crippen LogP contribution in [0.4, 0.5) is 11.6 Å². The minimum Gasteiger partial charge on any atom is -0.381 e. The van der Waals surface area contributed by atoms with Crippen LogP contribution < -0.4 is 9.80 Å². The summed E-state index contributed by atoms with van der Waals surface area (Å²) in [6.45, 7) is 5.24. The number of aromatic nitrogens is 2. The number of nitrogens with zero attached hydrogens (tertiary/aromatic N) is 5. The van der Waals surface area contributed by atoms with Gasteiger partial charge >= 0.3 is 0 Å². The molecule has 0 radical (unpaired) electrons. The van der Waals surface area contributed by atoms with E-state index < -0.39 is 0 Å². The second-order valence-corrected chi connectivity index (χ2v) is 8.47. The maximum absolute atomic E-state index is 5.99. The summed E-state index contributed by atoms with van der Waals surface area (Å²) in [5.41, 5.74) is 0.301. The van der Waals surface area contributed by atoms with Crippen LogP contribution in [-0.4, -0.2) is 74.4 Å². The SMILES string of the molecule is CN(C)c1cc(N2CC3(C[C@H](COCC4CC4)CCN3C)C2)ncn1. The summed E-state index contributed by atoms with van der Waals surface area (Å²) in [5, 5.41) is 0. The fraction of sp³-hybridized carbons (Fsp3) is 0.789. The van der Waals surface area contributed by atoms with Gasteiger partial charge in [-0.05, 0) is 51.1 Å². The molecule has 1 saturated carbocycles. The minimum absolute atomic E-state index is 0.301. The van der Waals surface area contributed by atoms with Crippen LogP contribution in [0.3, 0.4) is 0 Å². The minimum atomic E-state index is 0.301. The second kappa shape index (κ2) is 6.72. The summed E-state index contributed by atoms with van der Waals surface area (Å²) in [6, 6.07) is 2.09. The van der Waals surface area contributed by atoms with Gasteiger partial charge in [0.2, 0.25) is 0 Å². The van der Waals surface area contributed by atoms with Gasteiger partial charge in [0.05, 0.1) is 5.54 Å². The summed E-state index contributed by atoms with van der Waals surface area (Å²) in [6.07, 6.45) is 6.94. The van der Waals surface area contributed by atoms with Crippen molar-refractivity contribution in [2.24, 2.45) is 11.8 Å². The smallest absolute Gasteiger partial charge is 0.134 e. The van der Waals surface area contributed by atoms with E-state index in [1.807, 2.05) is 19.0 Å². The van der Waals surface area contributed by atoms with Crippen molar-refractivity contribution < 1.29 is 4.74 Å². The van der Waals surface area contributed by atoms with E-state index in [1.165, 1.54) is 32.2 Å². The number of ether oxygens (including phenoxy) is 1. The first kappa shape index (κ1) is 17.0. The quantitative estimate of drug-likeness (QED) is 0.784. The van der Waals surface area contributed by atoms with E-state index in [-0.39, 0.29) is 0 Å². The Labute approximate surface area is 151 Å². The number of piperidine rings is 1. The van der Waals surface area contributed by atoms with E-state index in [9.17, 15) is 0 Å². The van der Waals surface area contributed by atoms with Crippen molar-refractivity contribution in [3.8, 4) is 0 Å². The third kappa shape index (κ3) is 3.60. The number of anilines is 2. The van der Waals surface area contributed by atoms with Crippen LogP contribution in [0.25, 0.3) is 0 Å². The topological polar surface area (TPSA) is 44.7 Å². The molecule has 1 aliphatic carbocycles. The van der Waals surface area contributed by atoms with E-state index >= 15 is 0 Å². The Hall–Kier alpha value is -1.40. The van der Waals surface area contributed by atoms with Crippen LogP contribution in [0.15, 0.2) is 12.4 Å². The molecule has 0 unspecified atom stereocenters. The molecule has 4 rings (SSSR count). The highest BCUT2D eigenvalue weighted by Gasteiger charge is 2.49. The van der Waals surface area contributed by atoms with Gasteiger partial charge < -0.3 is 14.5 Å². The third-order valence-corrected chi connectivity index (χ3v) is 6.15. The van der Waals surface area contributed by atoms with Gasteiger partial charge in [-0.15, -0.1) is 0 Å². The van der Waals surface area contributed by atoms with Crippen molar-refractivity contribution in [3.63, 3.8) is 0 Å². The zero-order chi connectivity index (χ0) is 17.4. The lowest BCUT2D eigenvalue weighted by molar-refractivity contribution is -0.0138. The molecule has 2 aliphatic heterocycles. The van der Waals surface area contributed by atoms with Gasteiger partial charge in [0.15, 0.2) is 0 Å². The van der Waals surface area contributed by atoms with Gasteiger partial charge in [-0.3, -0.25) is 4.90 Å². The standard InChI is InChI=1S/C19H31N5O/c1-22(2)17-8-18(21-14-20-17)24-12-19(13-24)9-16(6-7-23(19)3)11-25-10-15-4-5-15/h8,14-16H,4-7,9-13H2,1-3H3/t16-/m1/s1. The Morgan fingerprint density at radius 3 is 2.64 bits per heavy atom. The lowest BCUT2D eigenvalue weighted by Gasteiger charge is -2.59. The van der Waals surface area contributed by atoms with Crippen LogP contribution in [0, 0.1) is 11.8 Å². The predicted octanol–water partition coefficient (Wildman–Crippen LogP) is 1.87. The molecule has 0 amide bonds. The summed E-state index contributed by atoms with van der Waals surface area (Å²) in [7, 11) is 6.32. The molecule has 1 atom stereocenters. The molecule has 6 heteroatoms. The zero-order valence-electron chi connectivity index (χ0n) is 15.8. The monoisotopic (exact) mass is 345 g/mol. The Morgan fingerprint density at radius 2 is 1.92 bits per heavy atom. The zero-order valence-corrected chi connectivity index (χ0v) is 15.8. The van der Waals surface area contributed by atoms with Crippen molar-refractivity contribution in [2.45, 2.75) is 31.2 Å². The highest BCUT2D eigenvalue weighted by Crippen LogP contribution is 2.40. The number of likely N-dealkylation sites (N-methyl/N-ethyl adjacent to an activating group) is 1. The molecule has 0 aromatic carbocycles. The maximum Gasteiger partial charge on any atom is 0.134 e. The largest absolute Gasteiger partial charge is 0.381 e. The molecule has 25 heavy (non-hydrogen) atoms. The predicted molar refractivity (Wildman–Crippen MR) is 100 cm³/mol. The molecule has 138 valence electrons. The van der Waals surface area contributed by atoms with Crippen molar-refractivity contribution in [2.75, 3.05) is 63.8 Å². The molecular weight excluding hydrogens is 314 g/mol. The average molecular weight is 345 g/mol. The molecule has 0 N–H and O–H groups in total. The highest BCUT2D eigenvalue weighted by molar-refractivity contribution is 5.52. The lowest BCUT2D eigenvalue weighted by Crippen LogP contribution is -2.72. The van der Waals surface area contributed by atoms with Gasteiger partial charge in [0.1, 0.15) is 18.0 Å². The van der Waals surface area contributed by atoms with Crippen LogP contribution in [0.1, 0.15) is 25.7 Å². The Morgan fingerprint density at radius 1 is 1.16 bits per heavy atom. The van der Waals surface area contributed by atoms with Gasteiger partial charge in [-0.2, -0.15) is 0 Å². The number of rotatable bonds is 6. The maximum atomic E-state index is 5.99. The van der Waals surface area contributed by atoms with Crippen molar-refractivity contribution in [3.05, 3.63) is 12.4 Å². The highest BCUT2D eigenvalue weighted by atomic mass is 16.5. The normalized spacial score (nSPS) is 25.9. The van der Waals surface area contributed by atoms with E-state index in [1.54, 1.807) is 6.33 Å². The van der Waals surface area contributed by atoms with Gasteiger partial charge in [0, 0.05) is 46.5 Å². The fourth-order valence-corrected chi connectivity index (χ4v) is 4.19. The first-order valence-corrected chi connectivity index (χ1v) is 9.59. The molecule has 6 nitrogen and oxygen atoms in total. The Bertz CT molecular complexity index is 597. The third-order valence-electron chi connectivity index (χ3n) is 6.15. The van der Waals surface area contributed by atoms with Gasteiger partial charge in [-0.1, -0.05) is 0 Å². The number of hydrogen-bond acceptors (Lipinski definition) is 6. The molecule has 1 aromatic rings. The summed E-state index contributed by atoms with van der Waals surface area (Å²) >= 11 is 0.